The van der Waals surface area contributed by atoms with Gasteiger partial charge in [-0.15, -0.1) is 0 Å². The highest BCUT2D eigenvalue weighted by molar-refractivity contribution is 5.76. The van der Waals surface area contributed by atoms with Gasteiger partial charge in [0.2, 0.25) is 5.91 Å². The summed E-state index contributed by atoms with van der Waals surface area (Å²) in [5.74, 6) is 1.000. The minimum absolute atomic E-state index is 0.122. The number of ether oxygens (including phenoxy) is 1. The molecule has 3 rings (SSSR count). The van der Waals surface area contributed by atoms with Gasteiger partial charge >= 0.3 is 0 Å². The lowest BCUT2D eigenvalue weighted by atomic mass is 10.1. The SMILES string of the molecule is CCOc1ccc(CCC(=O)NCCN2CCN(c3ccccc3)CC2)cc1. The van der Waals surface area contributed by atoms with Gasteiger partial charge in [-0.3, -0.25) is 9.69 Å². The molecule has 5 heteroatoms. The van der Waals surface area contributed by atoms with Crippen molar-refractivity contribution >= 4 is 11.6 Å². The second-order valence-electron chi connectivity index (χ2n) is 7.09. The molecule has 0 atom stereocenters. The molecule has 0 saturated carbocycles. The first-order valence-corrected chi connectivity index (χ1v) is 10.3. The number of amides is 1. The largest absolute Gasteiger partial charge is 0.494 e. The number of nitrogens with one attached hydrogen (secondary N) is 1. The van der Waals surface area contributed by atoms with Gasteiger partial charge < -0.3 is 15.0 Å². The fourth-order valence-electron chi connectivity index (χ4n) is 3.49. The van der Waals surface area contributed by atoms with Crippen molar-refractivity contribution in [3.8, 4) is 5.75 Å². The van der Waals surface area contributed by atoms with Crippen molar-refractivity contribution in [3.63, 3.8) is 0 Å². The van der Waals surface area contributed by atoms with Gasteiger partial charge in [0.25, 0.3) is 0 Å². The zero-order valence-corrected chi connectivity index (χ0v) is 16.8. The highest BCUT2D eigenvalue weighted by Gasteiger charge is 2.16. The van der Waals surface area contributed by atoms with Crippen molar-refractivity contribution in [2.24, 2.45) is 0 Å². The van der Waals surface area contributed by atoms with E-state index in [0.29, 0.717) is 19.6 Å². The molecular formula is C23H31N3O2. The fraction of sp³-hybridized carbons (Fsp3) is 0.435. The van der Waals surface area contributed by atoms with Crippen LogP contribution in [0, 0.1) is 0 Å². The molecule has 28 heavy (non-hydrogen) atoms. The van der Waals surface area contributed by atoms with Gasteiger partial charge in [-0.25, -0.2) is 0 Å². The number of rotatable bonds is 9. The van der Waals surface area contributed by atoms with E-state index in [1.807, 2.05) is 31.2 Å². The number of carbonyl (C=O) groups excluding carboxylic acids is 1. The third-order valence-corrected chi connectivity index (χ3v) is 5.12. The number of hydrogen-bond acceptors (Lipinski definition) is 4. The van der Waals surface area contributed by atoms with Gasteiger partial charge in [0.05, 0.1) is 6.61 Å². The highest BCUT2D eigenvalue weighted by Crippen LogP contribution is 2.15. The Labute approximate surface area is 168 Å². The molecule has 0 aromatic heterocycles. The first-order chi connectivity index (χ1) is 13.7. The van der Waals surface area contributed by atoms with Crippen LogP contribution in [0.5, 0.6) is 5.75 Å². The molecule has 1 saturated heterocycles. The summed E-state index contributed by atoms with van der Waals surface area (Å²) in [5.41, 5.74) is 2.46. The molecule has 1 aliphatic heterocycles. The second kappa shape index (κ2) is 10.7. The lowest BCUT2D eigenvalue weighted by Gasteiger charge is -2.36. The quantitative estimate of drug-likeness (QED) is 0.725. The number of piperazine rings is 1. The summed E-state index contributed by atoms with van der Waals surface area (Å²) >= 11 is 0. The van der Waals surface area contributed by atoms with E-state index >= 15 is 0 Å². The van der Waals surface area contributed by atoms with Crippen LogP contribution < -0.4 is 15.0 Å². The zero-order chi connectivity index (χ0) is 19.6. The Morgan fingerprint density at radius 3 is 2.39 bits per heavy atom. The topological polar surface area (TPSA) is 44.8 Å². The fourth-order valence-corrected chi connectivity index (χ4v) is 3.49. The van der Waals surface area contributed by atoms with Crippen LogP contribution >= 0.6 is 0 Å². The zero-order valence-electron chi connectivity index (χ0n) is 16.8. The highest BCUT2D eigenvalue weighted by atomic mass is 16.5. The van der Waals surface area contributed by atoms with E-state index in [0.717, 1.165) is 50.5 Å². The van der Waals surface area contributed by atoms with Crippen LogP contribution in [-0.4, -0.2) is 56.7 Å². The lowest BCUT2D eigenvalue weighted by molar-refractivity contribution is -0.121. The molecule has 0 spiro atoms. The van der Waals surface area contributed by atoms with E-state index in [2.05, 4.69) is 45.4 Å². The van der Waals surface area contributed by atoms with Crippen LogP contribution in [0.15, 0.2) is 54.6 Å². The lowest BCUT2D eigenvalue weighted by Crippen LogP contribution is -2.48. The monoisotopic (exact) mass is 381 g/mol. The average molecular weight is 382 g/mol. The molecule has 2 aromatic carbocycles. The summed E-state index contributed by atoms with van der Waals surface area (Å²) in [6, 6.07) is 18.6. The van der Waals surface area contributed by atoms with Crippen molar-refractivity contribution in [2.75, 3.05) is 50.8 Å². The van der Waals surface area contributed by atoms with Gasteiger partial charge in [-0.1, -0.05) is 30.3 Å². The minimum Gasteiger partial charge on any atom is -0.494 e. The summed E-state index contributed by atoms with van der Waals surface area (Å²) in [6.45, 7) is 8.43. The maximum Gasteiger partial charge on any atom is 0.220 e. The minimum atomic E-state index is 0.122. The van der Waals surface area contributed by atoms with Crippen LogP contribution in [0.3, 0.4) is 0 Å². The maximum atomic E-state index is 12.1. The van der Waals surface area contributed by atoms with Crippen molar-refractivity contribution in [3.05, 3.63) is 60.2 Å². The third kappa shape index (κ3) is 6.27. The first-order valence-electron chi connectivity index (χ1n) is 10.3. The van der Waals surface area contributed by atoms with Crippen LogP contribution in [0.2, 0.25) is 0 Å². The molecule has 1 fully saturated rings. The average Bonchev–Trinajstić information content (AvgIpc) is 2.75. The molecule has 0 unspecified atom stereocenters. The molecule has 1 N–H and O–H groups in total. The molecule has 1 aliphatic rings. The van der Waals surface area contributed by atoms with E-state index in [-0.39, 0.29) is 5.91 Å². The Balaban J connectivity index is 1.29. The molecular weight excluding hydrogens is 350 g/mol. The van der Waals surface area contributed by atoms with Crippen molar-refractivity contribution in [1.29, 1.82) is 0 Å². The van der Waals surface area contributed by atoms with E-state index < -0.39 is 0 Å². The molecule has 1 heterocycles. The maximum absolute atomic E-state index is 12.1. The van der Waals surface area contributed by atoms with Gasteiger partial charge in [0.1, 0.15) is 5.75 Å². The molecule has 0 bridgehead atoms. The van der Waals surface area contributed by atoms with Crippen molar-refractivity contribution in [1.82, 2.24) is 10.2 Å². The van der Waals surface area contributed by atoms with Crippen LogP contribution in [-0.2, 0) is 11.2 Å². The number of nitrogens with zero attached hydrogens (tertiary/aromatic N) is 2. The molecule has 150 valence electrons. The molecule has 0 aliphatic carbocycles. The van der Waals surface area contributed by atoms with E-state index in [1.165, 1.54) is 5.69 Å². The van der Waals surface area contributed by atoms with Gasteiger partial charge in [-0.05, 0) is 43.2 Å². The van der Waals surface area contributed by atoms with Gasteiger partial charge in [-0.2, -0.15) is 0 Å². The molecule has 1 amide bonds. The molecule has 5 nitrogen and oxygen atoms in total. The predicted octanol–water partition coefficient (Wildman–Crippen LogP) is 2.96. The van der Waals surface area contributed by atoms with Crippen LogP contribution in [0.1, 0.15) is 18.9 Å². The van der Waals surface area contributed by atoms with Crippen molar-refractivity contribution < 1.29 is 9.53 Å². The summed E-state index contributed by atoms with van der Waals surface area (Å²) in [4.78, 5) is 16.9. The van der Waals surface area contributed by atoms with Crippen molar-refractivity contribution in [2.45, 2.75) is 19.8 Å². The number of para-hydroxylation sites is 1. The normalized spacial score (nSPS) is 14.7. The molecule has 2 aromatic rings. The predicted molar refractivity (Wildman–Crippen MR) is 114 cm³/mol. The number of anilines is 1. The Kier molecular flexibility index (Phi) is 7.73. The van der Waals surface area contributed by atoms with E-state index in [1.54, 1.807) is 0 Å². The van der Waals surface area contributed by atoms with Crippen LogP contribution in [0.4, 0.5) is 5.69 Å². The summed E-state index contributed by atoms with van der Waals surface area (Å²) in [7, 11) is 0. The Morgan fingerprint density at radius 1 is 1.00 bits per heavy atom. The van der Waals surface area contributed by atoms with Gasteiger partial charge in [0.15, 0.2) is 0 Å². The van der Waals surface area contributed by atoms with Gasteiger partial charge in [0, 0.05) is 51.4 Å². The van der Waals surface area contributed by atoms with E-state index in [9.17, 15) is 4.79 Å². The smallest absolute Gasteiger partial charge is 0.220 e. The number of carbonyl (C=O) groups is 1. The third-order valence-electron chi connectivity index (χ3n) is 5.12. The summed E-state index contributed by atoms with van der Waals surface area (Å²) in [5, 5.41) is 3.06. The second-order valence-corrected chi connectivity index (χ2v) is 7.09. The van der Waals surface area contributed by atoms with E-state index in [4.69, 9.17) is 4.74 Å². The Bertz CT molecular complexity index is 710. The molecule has 0 radical (unpaired) electrons. The Hall–Kier alpha value is -2.53. The first kappa shape index (κ1) is 20.2. The summed E-state index contributed by atoms with van der Waals surface area (Å²) < 4.78 is 5.44. The Morgan fingerprint density at radius 2 is 1.71 bits per heavy atom. The number of aryl methyl sites for hydroxylation is 1. The summed E-state index contributed by atoms with van der Waals surface area (Å²) in [6.07, 6.45) is 1.28. The standard InChI is InChI=1S/C23H31N3O2/c1-2-28-22-11-8-20(9-12-22)10-13-23(27)24-14-15-25-16-18-26(19-17-25)21-6-4-3-5-7-21/h3-9,11-12H,2,10,13-19H2,1H3,(H,24,27). The number of hydrogen-bond donors (Lipinski definition) is 1. The number of benzene rings is 2. The van der Waals surface area contributed by atoms with Crippen LogP contribution in [0.25, 0.3) is 0 Å².